The van der Waals surface area contributed by atoms with E-state index in [1.54, 1.807) is 13.8 Å². The summed E-state index contributed by atoms with van der Waals surface area (Å²) >= 11 is 5.73. The average molecular weight is 260 g/mol. The van der Waals surface area contributed by atoms with Crippen LogP contribution in [-0.2, 0) is 10.4 Å². The highest BCUT2D eigenvalue weighted by atomic mass is 35.5. The highest BCUT2D eigenvalue weighted by Gasteiger charge is 2.44. The fourth-order valence-corrected chi connectivity index (χ4v) is 2.03. The number of hydrogen-bond acceptors (Lipinski definition) is 5. The van der Waals surface area contributed by atoms with E-state index in [2.05, 4.69) is 10.1 Å². The summed E-state index contributed by atoms with van der Waals surface area (Å²) in [6, 6.07) is 0. The number of aryl methyl sites for hydroxylation is 1. The molecule has 0 aromatic carbocycles. The van der Waals surface area contributed by atoms with E-state index in [1.807, 2.05) is 0 Å². The first kappa shape index (κ1) is 12.3. The van der Waals surface area contributed by atoms with E-state index in [4.69, 9.17) is 16.1 Å². The first-order valence-electron chi connectivity index (χ1n) is 5.38. The number of halogens is 1. The third-order valence-electron chi connectivity index (χ3n) is 2.83. The molecule has 17 heavy (non-hydrogen) atoms. The number of aromatic nitrogens is 2. The van der Waals surface area contributed by atoms with E-state index in [0.717, 1.165) is 0 Å². The molecule has 1 N–H and O–H groups in total. The molecule has 0 saturated carbocycles. The van der Waals surface area contributed by atoms with Crippen molar-refractivity contribution in [3.63, 3.8) is 0 Å². The lowest BCUT2D eigenvalue weighted by atomic mass is 10.0. The van der Waals surface area contributed by atoms with Crippen molar-refractivity contribution in [2.45, 2.75) is 31.2 Å². The van der Waals surface area contributed by atoms with E-state index in [0.29, 0.717) is 18.8 Å². The number of carbonyl (C=O) groups excluding carboxylic acids is 1. The van der Waals surface area contributed by atoms with Crippen molar-refractivity contribution in [2.24, 2.45) is 0 Å². The van der Waals surface area contributed by atoms with Gasteiger partial charge in [0.2, 0.25) is 5.91 Å². The van der Waals surface area contributed by atoms with Crippen molar-refractivity contribution in [1.82, 2.24) is 15.0 Å². The van der Waals surface area contributed by atoms with Gasteiger partial charge in [0.1, 0.15) is 5.38 Å². The van der Waals surface area contributed by atoms with Crippen LogP contribution in [0.3, 0.4) is 0 Å². The number of amides is 1. The molecule has 1 aliphatic heterocycles. The van der Waals surface area contributed by atoms with Crippen molar-refractivity contribution >= 4 is 17.5 Å². The smallest absolute Gasteiger partial charge is 0.260 e. The number of carbonyl (C=O) groups is 1. The van der Waals surface area contributed by atoms with Crippen LogP contribution in [0, 0.1) is 6.92 Å². The largest absolute Gasteiger partial charge is 0.378 e. The van der Waals surface area contributed by atoms with Crippen molar-refractivity contribution < 1.29 is 14.4 Å². The molecule has 2 heterocycles. The molecule has 6 nitrogen and oxygen atoms in total. The molecule has 1 saturated heterocycles. The lowest BCUT2D eigenvalue weighted by Gasteiger charge is -2.20. The summed E-state index contributed by atoms with van der Waals surface area (Å²) in [7, 11) is 0. The average Bonchev–Trinajstić information content (AvgIpc) is 2.85. The molecule has 0 aliphatic carbocycles. The Balaban J connectivity index is 2.13. The number of alkyl halides is 1. The van der Waals surface area contributed by atoms with Gasteiger partial charge in [0.15, 0.2) is 11.4 Å². The number of nitrogens with zero attached hydrogens (tertiary/aromatic N) is 3. The molecule has 2 atom stereocenters. The lowest BCUT2D eigenvalue weighted by molar-refractivity contribution is -0.130. The van der Waals surface area contributed by atoms with Crippen LogP contribution in [0.2, 0.25) is 0 Å². The number of likely N-dealkylation sites (tertiary alicyclic amines) is 1. The number of β-amino-alcohol motifs (C(OH)–C–C–N with tert-alkyl or cyclic N) is 1. The van der Waals surface area contributed by atoms with E-state index < -0.39 is 11.0 Å². The highest BCUT2D eigenvalue weighted by Crippen LogP contribution is 2.31. The Kier molecular flexibility index (Phi) is 3.09. The van der Waals surface area contributed by atoms with Crippen LogP contribution in [0.1, 0.15) is 25.1 Å². The maximum absolute atomic E-state index is 11.7. The van der Waals surface area contributed by atoms with E-state index in [9.17, 15) is 9.90 Å². The maximum Gasteiger partial charge on any atom is 0.260 e. The Morgan fingerprint density at radius 1 is 1.71 bits per heavy atom. The second kappa shape index (κ2) is 4.27. The van der Waals surface area contributed by atoms with Crippen LogP contribution in [-0.4, -0.2) is 44.5 Å². The molecule has 1 amide bonds. The van der Waals surface area contributed by atoms with Crippen LogP contribution >= 0.6 is 11.6 Å². The second-order valence-electron chi connectivity index (χ2n) is 4.30. The van der Waals surface area contributed by atoms with Gasteiger partial charge in [-0.2, -0.15) is 4.98 Å². The van der Waals surface area contributed by atoms with Crippen LogP contribution in [0.5, 0.6) is 0 Å². The van der Waals surface area contributed by atoms with Gasteiger partial charge in [-0.1, -0.05) is 5.16 Å². The Morgan fingerprint density at radius 3 is 2.94 bits per heavy atom. The molecule has 7 heteroatoms. The molecule has 94 valence electrons. The van der Waals surface area contributed by atoms with Crippen molar-refractivity contribution in [1.29, 1.82) is 0 Å². The third kappa shape index (κ3) is 2.28. The molecule has 0 bridgehead atoms. The number of aliphatic hydroxyl groups is 1. The van der Waals surface area contributed by atoms with Gasteiger partial charge in [-0.05, 0) is 13.8 Å². The zero-order valence-electron chi connectivity index (χ0n) is 9.68. The molecule has 0 radical (unpaired) electrons. The Labute approximate surface area is 104 Å². The lowest BCUT2D eigenvalue weighted by Crippen LogP contribution is -2.37. The van der Waals surface area contributed by atoms with Gasteiger partial charge in [0.25, 0.3) is 5.89 Å². The number of rotatable bonds is 2. The van der Waals surface area contributed by atoms with Crippen molar-refractivity contribution in [3.05, 3.63) is 11.7 Å². The van der Waals surface area contributed by atoms with Gasteiger partial charge in [-0.3, -0.25) is 4.79 Å². The van der Waals surface area contributed by atoms with Gasteiger partial charge in [-0.25, -0.2) is 0 Å². The Hall–Kier alpha value is -1.14. The number of hydrogen-bond donors (Lipinski definition) is 1. The minimum absolute atomic E-state index is 0.143. The third-order valence-corrected chi connectivity index (χ3v) is 3.01. The monoisotopic (exact) mass is 259 g/mol. The normalized spacial score (nSPS) is 26.2. The molecule has 1 aromatic heterocycles. The first-order chi connectivity index (χ1) is 7.92. The minimum atomic E-state index is -1.25. The van der Waals surface area contributed by atoms with Crippen LogP contribution in [0.4, 0.5) is 0 Å². The van der Waals surface area contributed by atoms with Crippen LogP contribution < -0.4 is 0 Å². The van der Waals surface area contributed by atoms with E-state index in [-0.39, 0.29) is 18.3 Å². The van der Waals surface area contributed by atoms with Gasteiger partial charge < -0.3 is 14.5 Å². The molecular formula is C10H14ClN3O3. The second-order valence-corrected chi connectivity index (χ2v) is 4.96. The maximum atomic E-state index is 11.7. The van der Waals surface area contributed by atoms with Gasteiger partial charge in [-0.15, -0.1) is 11.6 Å². The molecule has 0 spiro atoms. The summed E-state index contributed by atoms with van der Waals surface area (Å²) in [5, 5.41) is 13.4. The van der Waals surface area contributed by atoms with Crippen LogP contribution in [0.25, 0.3) is 0 Å². The summed E-state index contributed by atoms with van der Waals surface area (Å²) in [6.07, 6.45) is 0.379. The highest BCUT2D eigenvalue weighted by molar-refractivity contribution is 6.30. The van der Waals surface area contributed by atoms with Gasteiger partial charge in [0, 0.05) is 13.0 Å². The summed E-state index contributed by atoms with van der Waals surface area (Å²) in [5.41, 5.74) is -1.25. The Morgan fingerprint density at radius 2 is 2.41 bits per heavy atom. The SMILES string of the molecule is Cc1noc(C2(O)CCN(C(=O)C(C)Cl)C2)n1. The molecule has 1 fully saturated rings. The van der Waals surface area contributed by atoms with Gasteiger partial charge in [0.05, 0.1) is 6.54 Å². The molecule has 2 unspecified atom stereocenters. The summed E-state index contributed by atoms with van der Waals surface area (Å²) < 4.78 is 4.96. The Bertz CT molecular complexity index is 434. The predicted molar refractivity (Wildman–Crippen MR) is 59.4 cm³/mol. The van der Waals surface area contributed by atoms with Crippen molar-refractivity contribution in [2.75, 3.05) is 13.1 Å². The fourth-order valence-electron chi connectivity index (χ4n) is 1.89. The van der Waals surface area contributed by atoms with Crippen LogP contribution in [0.15, 0.2) is 4.52 Å². The molecule has 1 aliphatic rings. The molecule has 1 aromatic rings. The van der Waals surface area contributed by atoms with Gasteiger partial charge >= 0.3 is 0 Å². The minimum Gasteiger partial charge on any atom is -0.378 e. The van der Waals surface area contributed by atoms with Crippen molar-refractivity contribution in [3.8, 4) is 0 Å². The fraction of sp³-hybridized carbons (Fsp3) is 0.700. The zero-order chi connectivity index (χ0) is 12.6. The summed E-state index contributed by atoms with van der Waals surface area (Å²) in [6.45, 7) is 3.87. The quantitative estimate of drug-likeness (QED) is 0.779. The summed E-state index contributed by atoms with van der Waals surface area (Å²) in [5.74, 6) is 0.426. The molecular weight excluding hydrogens is 246 g/mol. The topological polar surface area (TPSA) is 79.5 Å². The van der Waals surface area contributed by atoms with E-state index >= 15 is 0 Å². The predicted octanol–water partition coefficient (Wildman–Crippen LogP) is 0.425. The van der Waals surface area contributed by atoms with E-state index in [1.165, 1.54) is 4.90 Å². The zero-order valence-corrected chi connectivity index (χ0v) is 10.4. The standard InChI is InChI=1S/C10H14ClN3O3/c1-6(11)8(15)14-4-3-10(16,5-14)9-12-7(2)13-17-9/h6,16H,3-5H2,1-2H3. The summed E-state index contributed by atoms with van der Waals surface area (Å²) in [4.78, 5) is 17.2. The molecule has 2 rings (SSSR count). The first-order valence-corrected chi connectivity index (χ1v) is 5.82.